The van der Waals surface area contributed by atoms with Crippen molar-refractivity contribution >= 4 is 5.91 Å². The van der Waals surface area contributed by atoms with Crippen LogP contribution < -0.4 is 5.32 Å². The number of nitrogens with zero attached hydrogens (tertiary/aromatic N) is 6. The van der Waals surface area contributed by atoms with Crippen LogP contribution in [0.2, 0.25) is 0 Å². The maximum atomic E-state index is 12.9. The zero-order valence-corrected chi connectivity index (χ0v) is 14.6. The summed E-state index contributed by atoms with van der Waals surface area (Å²) in [6.07, 6.45) is 5.82. The van der Waals surface area contributed by atoms with Gasteiger partial charge in [0.05, 0.1) is 29.6 Å². The smallest absolute Gasteiger partial charge is 0.255 e. The molecular weight excluding hydrogens is 350 g/mol. The summed E-state index contributed by atoms with van der Waals surface area (Å²) < 4.78 is 3.07. The summed E-state index contributed by atoms with van der Waals surface area (Å²) in [5.74, 6) is -0.446. The number of aliphatic hydroxyl groups is 1. The molecule has 0 unspecified atom stereocenters. The molecule has 1 atom stereocenters. The monoisotopic (exact) mass is 369 g/mol. The fraction of sp³-hybridized carbons (Fsp3) is 0.353. The predicted molar refractivity (Wildman–Crippen MR) is 93.0 cm³/mol. The van der Waals surface area contributed by atoms with Crippen molar-refractivity contribution in [2.45, 2.75) is 25.0 Å². The molecule has 2 aromatic heterocycles. The SMILES string of the molecule is Cn1cc([C@@H](NC(=O)c2cc(-n3cnnn3)ccc2O)C2CC(O)C2)cn1. The van der Waals surface area contributed by atoms with Crippen LogP contribution in [-0.2, 0) is 7.05 Å². The lowest BCUT2D eigenvalue weighted by Crippen LogP contribution is -2.41. The average Bonchev–Trinajstić information content (AvgIpc) is 3.29. The van der Waals surface area contributed by atoms with E-state index in [-0.39, 0.29) is 29.4 Å². The number of phenolic OH excluding ortho intramolecular Hbond substituents is 1. The molecule has 0 bridgehead atoms. The van der Waals surface area contributed by atoms with Crippen LogP contribution in [0.4, 0.5) is 0 Å². The van der Waals surface area contributed by atoms with E-state index in [1.165, 1.54) is 23.1 Å². The summed E-state index contributed by atoms with van der Waals surface area (Å²) >= 11 is 0. The van der Waals surface area contributed by atoms with Gasteiger partial charge in [-0.2, -0.15) is 5.10 Å². The van der Waals surface area contributed by atoms with E-state index in [2.05, 4.69) is 25.9 Å². The molecule has 1 fully saturated rings. The van der Waals surface area contributed by atoms with Crippen LogP contribution >= 0.6 is 0 Å². The minimum Gasteiger partial charge on any atom is -0.507 e. The lowest BCUT2D eigenvalue weighted by atomic mass is 9.75. The van der Waals surface area contributed by atoms with Crippen LogP contribution in [0.1, 0.15) is 34.8 Å². The Morgan fingerprint density at radius 2 is 2.19 bits per heavy atom. The Labute approximate surface area is 154 Å². The van der Waals surface area contributed by atoms with Gasteiger partial charge in [-0.1, -0.05) is 0 Å². The van der Waals surface area contributed by atoms with Crippen LogP contribution in [0.5, 0.6) is 5.75 Å². The number of aromatic nitrogens is 6. The molecule has 10 heteroatoms. The third-order valence-corrected chi connectivity index (χ3v) is 4.83. The van der Waals surface area contributed by atoms with Gasteiger partial charge in [-0.25, -0.2) is 4.68 Å². The number of aryl methyl sites for hydroxylation is 1. The molecule has 27 heavy (non-hydrogen) atoms. The van der Waals surface area contributed by atoms with Gasteiger partial charge in [-0.3, -0.25) is 9.48 Å². The number of rotatable bonds is 5. The molecule has 3 N–H and O–H groups in total. The van der Waals surface area contributed by atoms with Crippen LogP contribution in [0.15, 0.2) is 36.9 Å². The number of aromatic hydroxyl groups is 1. The van der Waals surface area contributed by atoms with E-state index in [1.54, 1.807) is 24.0 Å². The Morgan fingerprint density at radius 1 is 1.37 bits per heavy atom. The van der Waals surface area contributed by atoms with Crippen LogP contribution in [0.25, 0.3) is 5.69 Å². The third kappa shape index (κ3) is 3.38. The molecule has 10 nitrogen and oxygen atoms in total. The van der Waals surface area contributed by atoms with Crippen molar-refractivity contribution in [2.24, 2.45) is 13.0 Å². The van der Waals surface area contributed by atoms with Gasteiger partial charge in [0, 0.05) is 18.8 Å². The summed E-state index contributed by atoms with van der Waals surface area (Å²) in [6.45, 7) is 0. The zero-order valence-electron chi connectivity index (χ0n) is 14.6. The van der Waals surface area contributed by atoms with E-state index in [1.807, 2.05) is 6.20 Å². The van der Waals surface area contributed by atoms with Gasteiger partial charge in [0.1, 0.15) is 12.1 Å². The number of hydrogen-bond acceptors (Lipinski definition) is 7. The third-order valence-electron chi connectivity index (χ3n) is 4.83. The van der Waals surface area contributed by atoms with E-state index in [9.17, 15) is 15.0 Å². The fourth-order valence-corrected chi connectivity index (χ4v) is 3.32. The van der Waals surface area contributed by atoms with Gasteiger partial charge < -0.3 is 15.5 Å². The summed E-state index contributed by atoms with van der Waals surface area (Å²) in [7, 11) is 1.81. The van der Waals surface area contributed by atoms with E-state index in [0.717, 1.165) is 5.56 Å². The maximum Gasteiger partial charge on any atom is 0.255 e. The van der Waals surface area contributed by atoms with E-state index in [4.69, 9.17) is 0 Å². The number of hydrogen-bond donors (Lipinski definition) is 3. The first-order chi connectivity index (χ1) is 13.0. The molecule has 140 valence electrons. The Hall–Kier alpha value is -3.27. The van der Waals surface area contributed by atoms with Crippen molar-refractivity contribution in [2.75, 3.05) is 0 Å². The van der Waals surface area contributed by atoms with E-state index in [0.29, 0.717) is 18.5 Å². The van der Waals surface area contributed by atoms with Crippen LogP contribution in [0, 0.1) is 5.92 Å². The molecule has 3 aromatic rings. The molecule has 1 amide bonds. The lowest BCUT2D eigenvalue weighted by Gasteiger charge is -2.37. The molecule has 4 rings (SSSR count). The maximum absolute atomic E-state index is 12.9. The highest BCUT2D eigenvalue weighted by Gasteiger charge is 2.36. The van der Waals surface area contributed by atoms with Gasteiger partial charge in [0.15, 0.2) is 0 Å². The predicted octanol–water partition coefficient (Wildman–Crippen LogP) is 0.343. The second-order valence-electron chi connectivity index (χ2n) is 6.74. The number of tetrazole rings is 1. The number of carbonyl (C=O) groups excluding carboxylic acids is 1. The summed E-state index contributed by atoms with van der Waals surface area (Å²) in [5.41, 5.74) is 1.54. The Bertz CT molecular complexity index is 947. The molecule has 0 spiro atoms. The highest BCUT2D eigenvalue weighted by molar-refractivity contribution is 5.97. The van der Waals surface area contributed by atoms with Crippen molar-refractivity contribution < 1.29 is 15.0 Å². The number of phenols is 1. The minimum absolute atomic E-state index is 0.109. The largest absolute Gasteiger partial charge is 0.507 e. The lowest BCUT2D eigenvalue weighted by molar-refractivity contribution is 0.0235. The first-order valence-corrected chi connectivity index (χ1v) is 8.55. The first-order valence-electron chi connectivity index (χ1n) is 8.55. The molecule has 1 aromatic carbocycles. The van der Waals surface area contributed by atoms with Crippen molar-refractivity contribution in [1.82, 2.24) is 35.3 Å². The Morgan fingerprint density at radius 3 is 2.81 bits per heavy atom. The summed E-state index contributed by atoms with van der Waals surface area (Å²) in [4.78, 5) is 12.9. The molecule has 1 aliphatic carbocycles. The van der Waals surface area contributed by atoms with Crippen molar-refractivity contribution in [3.63, 3.8) is 0 Å². The van der Waals surface area contributed by atoms with E-state index >= 15 is 0 Å². The fourth-order valence-electron chi connectivity index (χ4n) is 3.32. The Kier molecular flexibility index (Phi) is 4.32. The topological polar surface area (TPSA) is 131 Å². The second kappa shape index (κ2) is 6.80. The summed E-state index contributed by atoms with van der Waals surface area (Å²) in [6, 6.07) is 4.27. The van der Waals surface area contributed by atoms with Crippen LogP contribution in [-0.4, -0.2) is 52.2 Å². The molecule has 0 saturated heterocycles. The second-order valence-corrected chi connectivity index (χ2v) is 6.74. The van der Waals surface area contributed by atoms with Gasteiger partial charge in [-0.15, -0.1) is 5.10 Å². The standard InChI is InChI=1S/C17H19N7O3/c1-23-8-11(7-19-23)16(10-4-13(25)5-10)20-17(27)14-6-12(2-3-15(14)26)24-9-18-21-22-24/h2-3,6-10,13,16,25-26H,4-5H2,1H3,(H,20,27)/t10?,13?,16-/m0/s1. The zero-order chi connectivity index (χ0) is 19.0. The van der Waals surface area contributed by atoms with Crippen LogP contribution in [0.3, 0.4) is 0 Å². The van der Waals surface area contributed by atoms with Gasteiger partial charge in [-0.05, 0) is 47.4 Å². The van der Waals surface area contributed by atoms with Crippen molar-refractivity contribution in [3.05, 3.63) is 48.0 Å². The molecule has 2 heterocycles. The molecular formula is C17H19N7O3. The van der Waals surface area contributed by atoms with Gasteiger partial charge in [0.2, 0.25) is 0 Å². The van der Waals surface area contributed by atoms with E-state index < -0.39 is 5.91 Å². The highest BCUT2D eigenvalue weighted by atomic mass is 16.3. The molecule has 0 radical (unpaired) electrons. The molecule has 1 saturated carbocycles. The van der Waals surface area contributed by atoms with Crippen molar-refractivity contribution in [3.8, 4) is 11.4 Å². The normalized spacial score (nSPS) is 20.1. The highest BCUT2D eigenvalue weighted by Crippen LogP contribution is 2.38. The number of carbonyl (C=O) groups is 1. The molecule has 0 aliphatic heterocycles. The number of benzene rings is 1. The molecule has 1 aliphatic rings. The number of aliphatic hydroxyl groups excluding tert-OH is 1. The van der Waals surface area contributed by atoms with Gasteiger partial charge in [0.25, 0.3) is 5.91 Å². The first kappa shape index (κ1) is 17.2. The Balaban J connectivity index is 1.60. The van der Waals surface area contributed by atoms with Crippen molar-refractivity contribution in [1.29, 1.82) is 0 Å². The summed E-state index contributed by atoms with van der Waals surface area (Å²) in [5, 5.41) is 37.9. The quantitative estimate of drug-likeness (QED) is 0.591. The number of amides is 1. The number of nitrogens with one attached hydrogen (secondary N) is 1. The average molecular weight is 369 g/mol. The minimum atomic E-state index is -0.419. The van der Waals surface area contributed by atoms with Gasteiger partial charge >= 0.3 is 0 Å².